The molecule has 7 heteroatoms. The van der Waals surface area contributed by atoms with E-state index >= 15 is 0 Å². The Bertz CT molecular complexity index is 590. The van der Waals surface area contributed by atoms with Crippen LogP contribution in [0, 0.1) is 13.8 Å². The van der Waals surface area contributed by atoms with E-state index in [1.54, 1.807) is 13.8 Å². The number of Topliss-reactive ketones (excluding diaryl/α,β-unsaturated/α-hetero) is 1. The van der Waals surface area contributed by atoms with Crippen molar-refractivity contribution in [3.8, 4) is 0 Å². The molecule has 0 aromatic carbocycles. The lowest BCUT2D eigenvalue weighted by atomic mass is 10.0. The molecule has 1 aromatic rings. The Morgan fingerprint density at radius 3 is 2.29 bits per heavy atom. The van der Waals surface area contributed by atoms with E-state index in [9.17, 15) is 19.5 Å². The molecule has 0 radical (unpaired) electrons. The smallest absolute Gasteiger partial charge is 0.331 e. The highest BCUT2D eigenvalue weighted by molar-refractivity contribution is 6.03. The number of methoxy groups -OCH3 is 1. The Balaban J connectivity index is 3.13. The van der Waals surface area contributed by atoms with Crippen LogP contribution in [0.4, 0.5) is 0 Å². The largest absolute Gasteiger partial charge is 0.479 e. The van der Waals surface area contributed by atoms with Gasteiger partial charge >= 0.3 is 5.97 Å². The van der Waals surface area contributed by atoms with E-state index < -0.39 is 17.4 Å². The minimum Gasteiger partial charge on any atom is -0.479 e. The van der Waals surface area contributed by atoms with Crippen LogP contribution in [-0.4, -0.2) is 47.0 Å². The maximum absolute atomic E-state index is 12.3. The fraction of sp³-hybridized carbons (Fsp3) is 0.500. The lowest BCUT2D eigenvalue weighted by Crippen LogP contribution is -2.55. The van der Waals surface area contributed by atoms with Gasteiger partial charge in [-0.05, 0) is 33.3 Å². The van der Waals surface area contributed by atoms with Gasteiger partial charge in [0.1, 0.15) is 5.69 Å². The number of hydrogen-bond donors (Lipinski definition) is 3. The minimum absolute atomic E-state index is 0.154. The second-order valence-electron chi connectivity index (χ2n) is 5.21. The van der Waals surface area contributed by atoms with Crippen molar-refractivity contribution in [3.63, 3.8) is 0 Å². The van der Waals surface area contributed by atoms with Crippen molar-refractivity contribution in [3.05, 3.63) is 22.5 Å². The molecule has 0 aliphatic heterocycles. The summed E-state index contributed by atoms with van der Waals surface area (Å²) in [6.45, 7) is 5.92. The normalized spacial score (nSPS) is 13.6. The third-order valence-electron chi connectivity index (χ3n) is 3.31. The molecule has 0 spiro atoms. The summed E-state index contributed by atoms with van der Waals surface area (Å²) in [6.07, 6.45) is 0. The molecule has 7 nitrogen and oxygen atoms in total. The molecule has 0 fully saturated rings. The second kappa shape index (κ2) is 6.09. The summed E-state index contributed by atoms with van der Waals surface area (Å²) in [5, 5.41) is 11.6. The molecule has 116 valence electrons. The second-order valence-corrected chi connectivity index (χ2v) is 5.21. The summed E-state index contributed by atoms with van der Waals surface area (Å²) in [5.41, 5.74) is 0.162. The number of ketones is 1. The van der Waals surface area contributed by atoms with Gasteiger partial charge in [-0.1, -0.05) is 0 Å². The Labute approximate surface area is 122 Å². The van der Waals surface area contributed by atoms with Crippen molar-refractivity contribution in [2.45, 2.75) is 33.2 Å². The number of aryl methyl sites for hydroxylation is 1. The van der Waals surface area contributed by atoms with Gasteiger partial charge in [0.05, 0.1) is 6.61 Å². The van der Waals surface area contributed by atoms with Gasteiger partial charge in [-0.25, -0.2) is 4.79 Å². The van der Waals surface area contributed by atoms with E-state index in [1.165, 1.54) is 21.0 Å². The summed E-state index contributed by atoms with van der Waals surface area (Å²) < 4.78 is 4.84. The maximum atomic E-state index is 12.3. The Hall–Kier alpha value is -2.15. The standard InChI is InChI=1S/C14H20N2O5/c1-7-10(9(3)17)8(2)15-11(7)12(18)16-14(4,6-21-5)13(19)20/h15H,6H2,1-5H3,(H,16,18)(H,19,20). The molecule has 1 rings (SSSR count). The third-order valence-corrected chi connectivity index (χ3v) is 3.31. The molecule has 0 aliphatic carbocycles. The van der Waals surface area contributed by atoms with Gasteiger partial charge < -0.3 is 20.1 Å². The SMILES string of the molecule is COCC(C)(NC(=O)c1[nH]c(C)c(C(C)=O)c1C)C(=O)O. The summed E-state index contributed by atoms with van der Waals surface area (Å²) >= 11 is 0. The van der Waals surface area contributed by atoms with E-state index in [-0.39, 0.29) is 18.1 Å². The lowest BCUT2D eigenvalue weighted by Gasteiger charge is -2.25. The molecule has 1 heterocycles. The molecular formula is C14H20N2O5. The van der Waals surface area contributed by atoms with Crippen molar-refractivity contribution in [2.24, 2.45) is 0 Å². The van der Waals surface area contributed by atoms with Gasteiger partial charge in [0.25, 0.3) is 5.91 Å². The molecule has 0 bridgehead atoms. The van der Waals surface area contributed by atoms with E-state index in [2.05, 4.69) is 10.3 Å². The van der Waals surface area contributed by atoms with Crippen LogP contribution in [0.1, 0.15) is 46.0 Å². The van der Waals surface area contributed by atoms with Crippen molar-refractivity contribution in [2.75, 3.05) is 13.7 Å². The van der Waals surface area contributed by atoms with Crippen molar-refractivity contribution >= 4 is 17.7 Å². The number of aromatic amines is 1. The number of H-pyrrole nitrogens is 1. The van der Waals surface area contributed by atoms with Crippen LogP contribution >= 0.6 is 0 Å². The van der Waals surface area contributed by atoms with Crippen LogP contribution in [0.5, 0.6) is 0 Å². The number of ether oxygens (including phenoxy) is 1. The predicted molar refractivity (Wildman–Crippen MR) is 75.7 cm³/mol. The Morgan fingerprint density at radius 1 is 1.33 bits per heavy atom. The molecule has 1 unspecified atom stereocenters. The molecular weight excluding hydrogens is 276 g/mol. The number of hydrogen-bond acceptors (Lipinski definition) is 4. The first-order chi connectivity index (χ1) is 9.64. The predicted octanol–water partition coefficient (Wildman–Crippen LogP) is 1.05. The van der Waals surface area contributed by atoms with E-state index in [4.69, 9.17) is 4.74 Å². The number of amides is 1. The summed E-state index contributed by atoms with van der Waals surface area (Å²) in [4.78, 5) is 37.9. The molecule has 0 saturated carbocycles. The number of rotatable bonds is 6. The first-order valence-corrected chi connectivity index (χ1v) is 6.39. The van der Waals surface area contributed by atoms with Crippen LogP contribution < -0.4 is 5.32 Å². The van der Waals surface area contributed by atoms with E-state index in [1.807, 2.05) is 0 Å². The number of carboxylic acids is 1. The Morgan fingerprint density at radius 2 is 1.90 bits per heavy atom. The van der Waals surface area contributed by atoms with Gasteiger partial charge in [-0.3, -0.25) is 9.59 Å². The lowest BCUT2D eigenvalue weighted by molar-refractivity contribution is -0.145. The van der Waals surface area contributed by atoms with E-state index in [0.717, 1.165) is 0 Å². The number of nitrogens with one attached hydrogen (secondary N) is 2. The highest BCUT2D eigenvalue weighted by atomic mass is 16.5. The van der Waals surface area contributed by atoms with Crippen molar-refractivity contribution in [1.29, 1.82) is 0 Å². The van der Waals surface area contributed by atoms with Gasteiger partial charge in [-0.2, -0.15) is 0 Å². The molecule has 1 amide bonds. The number of carboxylic acid groups (broad SMARTS) is 1. The van der Waals surface area contributed by atoms with Gasteiger partial charge in [0, 0.05) is 18.4 Å². The fourth-order valence-corrected chi connectivity index (χ4v) is 2.26. The van der Waals surface area contributed by atoms with Crippen LogP contribution in [0.25, 0.3) is 0 Å². The topological polar surface area (TPSA) is 108 Å². The quantitative estimate of drug-likeness (QED) is 0.680. The van der Waals surface area contributed by atoms with Crippen molar-refractivity contribution in [1.82, 2.24) is 10.3 Å². The number of carbonyl (C=O) groups is 3. The zero-order chi connectivity index (χ0) is 16.4. The average molecular weight is 296 g/mol. The van der Waals surface area contributed by atoms with Crippen LogP contribution in [0.15, 0.2) is 0 Å². The zero-order valence-corrected chi connectivity index (χ0v) is 12.8. The molecule has 0 saturated heterocycles. The van der Waals surface area contributed by atoms with Crippen LogP contribution in [-0.2, 0) is 9.53 Å². The fourth-order valence-electron chi connectivity index (χ4n) is 2.26. The highest BCUT2D eigenvalue weighted by Gasteiger charge is 2.36. The molecule has 0 aliphatic rings. The average Bonchev–Trinajstić information content (AvgIpc) is 2.64. The molecule has 1 aromatic heterocycles. The Kier molecular flexibility index (Phi) is 4.90. The molecule has 21 heavy (non-hydrogen) atoms. The summed E-state index contributed by atoms with van der Waals surface area (Å²) in [7, 11) is 1.35. The molecule has 3 N–H and O–H groups in total. The first kappa shape index (κ1) is 16.9. The van der Waals surface area contributed by atoms with Gasteiger partial charge in [0.15, 0.2) is 11.3 Å². The zero-order valence-electron chi connectivity index (χ0n) is 12.8. The van der Waals surface area contributed by atoms with E-state index in [0.29, 0.717) is 16.8 Å². The maximum Gasteiger partial charge on any atom is 0.331 e. The minimum atomic E-state index is -1.55. The monoisotopic (exact) mass is 296 g/mol. The first-order valence-electron chi connectivity index (χ1n) is 6.39. The highest BCUT2D eigenvalue weighted by Crippen LogP contribution is 2.19. The summed E-state index contributed by atoms with van der Waals surface area (Å²) in [5.74, 6) is -1.95. The molecule has 1 atom stereocenters. The summed E-state index contributed by atoms with van der Waals surface area (Å²) in [6, 6.07) is 0. The number of carbonyl (C=O) groups excluding carboxylic acids is 2. The van der Waals surface area contributed by atoms with Crippen LogP contribution in [0.3, 0.4) is 0 Å². The van der Waals surface area contributed by atoms with Gasteiger partial charge in [0.2, 0.25) is 0 Å². The number of aliphatic carboxylic acids is 1. The van der Waals surface area contributed by atoms with Gasteiger partial charge in [-0.15, -0.1) is 0 Å². The van der Waals surface area contributed by atoms with Crippen LogP contribution in [0.2, 0.25) is 0 Å². The number of aromatic nitrogens is 1. The third kappa shape index (κ3) is 3.30. The van der Waals surface area contributed by atoms with Crippen molar-refractivity contribution < 1.29 is 24.2 Å².